The first-order chi connectivity index (χ1) is 10.1. The lowest BCUT2D eigenvalue weighted by molar-refractivity contribution is 0.0217. The number of fused-ring (bicyclic) bond motifs is 1. The van der Waals surface area contributed by atoms with Crippen LogP contribution in [0.15, 0.2) is 22.7 Å². The summed E-state index contributed by atoms with van der Waals surface area (Å²) in [4.78, 5) is 14.8. The Morgan fingerprint density at radius 3 is 2.76 bits per heavy atom. The molecule has 1 heterocycles. The average molecular weight is 354 g/mol. The standard InChI is InChI=1S/C17H21BrFNO/c1-11-6-7-20(16-5-3-2-4-15(11)16)17(21)12-8-13(18)10-14(19)9-12/h8-11,15-16H,2-7H2,1H3. The Hall–Kier alpha value is -0.900. The van der Waals surface area contributed by atoms with E-state index in [2.05, 4.69) is 22.9 Å². The molecular weight excluding hydrogens is 333 g/mol. The number of nitrogens with zero attached hydrogens (tertiary/aromatic N) is 1. The molecule has 3 unspecified atom stereocenters. The number of piperidine rings is 1. The van der Waals surface area contributed by atoms with Gasteiger partial charge in [-0.15, -0.1) is 0 Å². The summed E-state index contributed by atoms with van der Waals surface area (Å²) in [6, 6.07) is 4.81. The van der Waals surface area contributed by atoms with Crippen molar-refractivity contribution in [1.82, 2.24) is 4.90 Å². The Morgan fingerprint density at radius 2 is 2.00 bits per heavy atom. The Labute approximate surface area is 133 Å². The number of likely N-dealkylation sites (tertiary alicyclic amines) is 1. The summed E-state index contributed by atoms with van der Waals surface area (Å²) in [7, 11) is 0. The monoisotopic (exact) mass is 353 g/mol. The minimum absolute atomic E-state index is 0.0148. The van der Waals surface area contributed by atoms with Crippen LogP contribution in [0.4, 0.5) is 4.39 Å². The molecule has 0 N–H and O–H groups in total. The van der Waals surface area contributed by atoms with Crippen LogP contribution in [0.5, 0.6) is 0 Å². The fourth-order valence-corrected chi connectivity index (χ4v) is 4.47. The Morgan fingerprint density at radius 1 is 1.24 bits per heavy atom. The summed E-state index contributed by atoms with van der Waals surface area (Å²) >= 11 is 3.27. The first-order valence-corrected chi connectivity index (χ1v) is 8.62. The van der Waals surface area contributed by atoms with Crippen LogP contribution >= 0.6 is 15.9 Å². The highest BCUT2D eigenvalue weighted by Gasteiger charge is 2.39. The van der Waals surface area contributed by atoms with Crippen molar-refractivity contribution in [3.8, 4) is 0 Å². The van der Waals surface area contributed by atoms with Gasteiger partial charge in [0.25, 0.3) is 5.91 Å². The molecule has 0 aromatic heterocycles. The van der Waals surface area contributed by atoms with Crippen molar-refractivity contribution in [3.05, 3.63) is 34.1 Å². The minimum Gasteiger partial charge on any atom is -0.335 e. The maximum absolute atomic E-state index is 13.5. The van der Waals surface area contributed by atoms with E-state index >= 15 is 0 Å². The molecule has 2 aliphatic rings. The third-order valence-corrected chi connectivity index (χ3v) is 5.57. The van der Waals surface area contributed by atoms with E-state index in [4.69, 9.17) is 0 Å². The molecule has 1 saturated carbocycles. The topological polar surface area (TPSA) is 20.3 Å². The fourth-order valence-electron chi connectivity index (χ4n) is 4.01. The van der Waals surface area contributed by atoms with Gasteiger partial charge in [-0.25, -0.2) is 4.39 Å². The normalized spacial score (nSPS) is 29.1. The van der Waals surface area contributed by atoms with Crippen molar-refractivity contribution in [1.29, 1.82) is 0 Å². The van der Waals surface area contributed by atoms with Crippen molar-refractivity contribution in [2.75, 3.05) is 6.54 Å². The zero-order valence-corrected chi connectivity index (χ0v) is 13.9. The van der Waals surface area contributed by atoms with Crippen LogP contribution in [0.3, 0.4) is 0 Å². The summed E-state index contributed by atoms with van der Waals surface area (Å²) in [6.45, 7) is 3.11. The Bertz CT molecular complexity index is 527. The molecule has 0 bridgehead atoms. The second-order valence-corrected chi connectivity index (χ2v) is 7.35. The van der Waals surface area contributed by atoms with E-state index in [9.17, 15) is 9.18 Å². The van der Waals surface area contributed by atoms with Gasteiger partial charge >= 0.3 is 0 Å². The van der Waals surface area contributed by atoms with Gasteiger partial charge in [-0.05, 0) is 49.3 Å². The largest absolute Gasteiger partial charge is 0.335 e. The highest BCUT2D eigenvalue weighted by Crippen LogP contribution is 2.39. The first-order valence-electron chi connectivity index (χ1n) is 7.83. The summed E-state index contributed by atoms with van der Waals surface area (Å²) < 4.78 is 14.2. The van der Waals surface area contributed by atoms with E-state index in [1.165, 1.54) is 31.4 Å². The van der Waals surface area contributed by atoms with Gasteiger partial charge in [-0.2, -0.15) is 0 Å². The van der Waals surface area contributed by atoms with E-state index in [1.54, 1.807) is 6.07 Å². The molecule has 0 radical (unpaired) electrons. The minimum atomic E-state index is -0.363. The van der Waals surface area contributed by atoms with Gasteiger partial charge in [0.05, 0.1) is 0 Å². The molecule has 1 aromatic rings. The number of carbonyl (C=O) groups excluding carboxylic acids is 1. The molecule has 1 aliphatic carbocycles. The number of hydrogen-bond donors (Lipinski definition) is 0. The van der Waals surface area contributed by atoms with Crippen LogP contribution < -0.4 is 0 Å². The predicted octanol–water partition coefficient (Wildman–Crippen LogP) is 4.63. The van der Waals surface area contributed by atoms with Gasteiger partial charge in [0, 0.05) is 22.6 Å². The highest BCUT2D eigenvalue weighted by molar-refractivity contribution is 9.10. The molecule has 1 amide bonds. The first kappa shape index (κ1) is 15.0. The summed E-state index contributed by atoms with van der Waals surface area (Å²) in [5.41, 5.74) is 0.459. The van der Waals surface area contributed by atoms with E-state index in [1.807, 2.05) is 4.90 Å². The summed E-state index contributed by atoms with van der Waals surface area (Å²) in [5, 5.41) is 0. The lowest BCUT2D eigenvalue weighted by Crippen LogP contribution is -2.52. The molecular formula is C17H21BrFNO. The zero-order valence-electron chi connectivity index (χ0n) is 12.3. The van der Waals surface area contributed by atoms with Gasteiger partial charge in [0.2, 0.25) is 0 Å². The van der Waals surface area contributed by atoms with Crippen LogP contribution in [0.2, 0.25) is 0 Å². The molecule has 0 spiro atoms. The van der Waals surface area contributed by atoms with Crippen molar-refractivity contribution in [2.45, 2.75) is 45.1 Å². The van der Waals surface area contributed by atoms with Gasteiger partial charge in [-0.1, -0.05) is 35.7 Å². The predicted molar refractivity (Wildman–Crippen MR) is 84.7 cm³/mol. The van der Waals surface area contributed by atoms with Crippen LogP contribution in [0.25, 0.3) is 0 Å². The van der Waals surface area contributed by atoms with E-state index in [0.29, 0.717) is 27.9 Å². The number of carbonyl (C=O) groups is 1. The van der Waals surface area contributed by atoms with Crippen LogP contribution in [-0.2, 0) is 0 Å². The third kappa shape index (κ3) is 3.01. The maximum atomic E-state index is 13.5. The zero-order chi connectivity index (χ0) is 15.0. The van der Waals surface area contributed by atoms with E-state index < -0.39 is 0 Å². The molecule has 3 atom stereocenters. The molecule has 4 heteroatoms. The second kappa shape index (κ2) is 6.07. The molecule has 1 aromatic carbocycles. The van der Waals surface area contributed by atoms with Gasteiger partial charge in [0.1, 0.15) is 5.82 Å². The van der Waals surface area contributed by atoms with E-state index in [-0.39, 0.29) is 11.7 Å². The second-order valence-electron chi connectivity index (χ2n) is 6.44. The molecule has 1 aliphatic heterocycles. The Balaban J connectivity index is 1.86. The number of hydrogen-bond acceptors (Lipinski definition) is 1. The SMILES string of the molecule is CC1CCN(C(=O)c2cc(F)cc(Br)c2)C2CCCCC12. The van der Waals surface area contributed by atoms with E-state index in [0.717, 1.165) is 19.4 Å². The van der Waals surface area contributed by atoms with Crippen LogP contribution in [0.1, 0.15) is 49.4 Å². The highest BCUT2D eigenvalue weighted by atomic mass is 79.9. The van der Waals surface area contributed by atoms with Crippen molar-refractivity contribution in [2.24, 2.45) is 11.8 Å². The number of halogens is 2. The molecule has 114 valence electrons. The lowest BCUT2D eigenvalue weighted by Gasteiger charge is -2.47. The van der Waals surface area contributed by atoms with Crippen molar-refractivity contribution in [3.63, 3.8) is 0 Å². The van der Waals surface area contributed by atoms with Gasteiger partial charge in [0.15, 0.2) is 0 Å². The molecule has 2 fully saturated rings. The van der Waals surface area contributed by atoms with Crippen molar-refractivity contribution >= 4 is 21.8 Å². The lowest BCUT2D eigenvalue weighted by atomic mass is 9.72. The maximum Gasteiger partial charge on any atom is 0.254 e. The Kier molecular flexibility index (Phi) is 4.34. The molecule has 2 nitrogen and oxygen atoms in total. The number of benzene rings is 1. The number of amides is 1. The van der Waals surface area contributed by atoms with Crippen LogP contribution in [-0.4, -0.2) is 23.4 Å². The molecule has 21 heavy (non-hydrogen) atoms. The smallest absolute Gasteiger partial charge is 0.254 e. The summed E-state index contributed by atoms with van der Waals surface area (Å²) in [5.74, 6) is 0.935. The average Bonchev–Trinajstić information content (AvgIpc) is 2.46. The molecule has 1 saturated heterocycles. The summed E-state index contributed by atoms with van der Waals surface area (Å²) in [6.07, 6.45) is 5.85. The quantitative estimate of drug-likeness (QED) is 0.720. The van der Waals surface area contributed by atoms with Gasteiger partial charge < -0.3 is 4.90 Å². The van der Waals surface area contributed by atoms with Gasteiger partial charge in [-0.3, -0.25) is 4.79 Å². The number of rotatable bonds is 1. The van der Waals surface area contributed by atoms with Crippen LogP contribution in [0, 0.1) is 17.7 Å². The van der Waals surface area contributed by atoms with Crippen molar-refractivity contribution < 1.29 is 9.18 Å². The third-order valence-electron chi connectivity index (χ3n) is 5.11. The fraction of sp³-hybridized carbons (Fsp3) is 0.588. The molecule has 3 rings (SSSR count).